The quantitative estimate of drug-likeness (QED) is 0.114. The Bertz CT molecular complexity index is 2340. The van der Waals surface area contributed by atoms with Crippen LogP contribution in [0, 0.1) is 5.92 Å². The predicted molar refractivity (Wildman–Crippen MR) is 218 cm³/mol. The third kappa shape index (κ3) is 7.32. The summed E-state index contributed by atoms with van der Waals surface area (Å²) < 4.78 is 21.8. The zero-order chi connectivity index (χ0) is 40.7. The first-order valence-corrected chi connectivity index (χ1v) is 20.1. The van der Waals surface area contributed by atoms with Crippen LogP contribution in [0.3, 0.4) is 0 Å². The Morgan fingerprint density at radius 1 is 0.879 bits per heavy atom. The highest BCUT2D eigenvalue weighted by Gasteiger charge is 2.38. The van der Waals surface area contributed by atoms with Gasteiger partial charge in [-0.3, -0.25) is 9.69 Å². The molecule has 2 fully saturated rings. The van der Waals surface area contributed by atoms with Gasteiger partial charge in [0, 0.05) is 36.5 Å². The lowest BCUT2D eigenvalue weighted by atomic mass is 9.92. The van der Waals surface area contributed by atoms with Gasteiger partial charge in [-0.15, -0.1) is 0 Å². The molecule has 306 valence electrons. The molecule has 3 amide bonds. The normalized spacial score (nSPS) is 19.4. The highest BCUT2D eigenvalue weighted by atomic mass is 16.5. The number of nitrogens with zero attached hydrogens (tertiary/aromatic N) is 4. The lowest BCUT2D eigenvalue weighted by Gasteiger charge is -2.31. The molecule has 5 atom stereocenters. The topological polar surface area (TPSA) is 176 Å². The second kappa shape index (κ2) is 16.3. The monoisotopic (exact) mass is 792 g/mol. The molecule has 0 saturated carbocycles. The molecule has 0 bridgehead atoms. The number of ether oxygens (including phenoxy) is 4. The van der Waals surface area contributed by atoms with E-state index in [1.165, 1.54) is 14.2 Å². The van der Waals surface area contributed by atoms with Gasteiger partial charge in [-0.1, -0.05) is 32.0 Å². The third-order valence-corrected chi connectivity index (χ3v) is 12.1. The van der Waals surface area contributed by atoms with E-state index in [-0.39, 0.29) is 36.1 Å². The van der Waals surface area contributed by atoms with E-state index in [9.17, 15) is 14.4 Å². The largest absolute Gasteiger partial charge is 0.488 e. The summed E-state index contributed by atoms with van der Waals surface area (Å²) in [5, 5.41) is 7.60. The SMILES string of the molecule is COC(=O)N[C@@H](CN1CCC[C@@H]1c1ncc(-c2ccc3c(c2)COc2c-3ccc3c2ccc2[nH]c([C@@H]4CCCN4C(=O)[C@@H](NC(=O)OC)C(C)C)nc23)[nH]1)C(C)OC. The van der Waals surface area contributed by atoms with Crippen molar-refractivity contribution < 1.29 is 33.3 Å². The summed E-state index contributed by atoms with van der Waals surface area (Å²) in [5.41, 5.74) is 6.90. The number of alkyl carbamates (subject to hydrolysis) is 2. The molecule has 3 aliphatic rings. The molecular weight excluding hydrogens is 741 g/mol. The van der Waals surface area contributed by atoms with Crippen LogP contribution in [0.2, 0.25) is 0 Å². The molecule has 3 aliphatic heterocycles. The van der Waals surface area contributed by atoms with Crippen molar-refractivity contribution in [2.75, 3.05) is 41.0 Å². The highest BCUT2D eigenvalue weighted by Crippen LogP contribution is 2.45. The molecule has 2 saturated heterocycles. The van der Waals surface area contributed by atoms with E-state index in [0.717, 1.165) is 99.4 Å². The molecule has 15 nitrogen and oxygen atoms in total. The first-order valence-electron chi connectivity index (χ1n) is 20.1. The molecule has 5 aromatic rings. The summed E-state index contributed by atoms with van der Waals surface area (Å²) in [4.78, 5) is 59.1. The molecule has 0 spiro atoms. The molecule has 2 aromatic heterocycles. The predicted octanol–water partition coefficient (Wildman–Crippen LogP) is 6.61. The standard InChI is InChI=1S/C43H52N8O7/c1-23(2)36(49-43(54)57-6)41(52)51-18-8-10-35(51)40-45-31-16-15-30-28(37(31)48-40)13-14-29-27-12-11-25(19-26(27)22-58-38(29)30)32-20-44-39(46-32)34-9-7-17-50(34)21-33(24(3)55-4)47-42(53)56-5/h11-16,19-20,23-24,33-36H,7-10,17-18,21-22H2,1-6H3,(H,44,46)(H,45,48)(H,47,53)(H,49,54)/t24?,33-,34+,35-,36-/m0/s1. The number of likely N-dealkylation sites (tertiary alicyclic amines) is 2. The van der Waals surface area contributed by atoms with Gasteiger partial charge in [0.25, 0.3) is 0 Å². The number of carbonyl (C=O) groups excluding carboxylic acids is 3. The number of hydrogen-bond donors (Lipinski definition) is 4. The van der Waals surface area contributed by atoms with E-state index >= 15 is 0 Å². The maximum absolute atomic E-state index is 13.7. The van der Waals surface area contributed by atoms with Crippen LogP contribution in [0.15, 0.2) is 48.7 Å². The Labute approximate surface area is 337 Å². The number of aromatic amines is 2. The zero-order valence-electron chi connectivity index (χ0n) is 33.9. The lowest BCUT2D eigenvalue weighted by Crippen LogP contribution is -2.51. The molecule has 1 unspecified atom stereocenters. The molecule has 4 N–H and O–H groups in total. The second-order valence-electron chi connectivity index (χ2n) is 15.8. The lowest BCUT2D eigenvalue weighted by molar-refractivity contribution is -0.135. The van der Waals surface area contributed by atoms with E-state index in [4.69, 9.17) is 28.9 Å². The number of rotatable bonds is 11. The molecule has 0 aliphatic carbocycles. The van der Waals surface area contributed by atoms with Gasteiger partial charge >= 0.3 is 12.2 Å². The van der Waals surface area contributed by atoms with Gasteiger partial charge in [0.1, 0.15) is 30.0 Å². The fourth-order valence-corrected chi connectivity index (χ4v) is 8.83. The number of nitrogens with one attached hydrogen (secondary N) is 4. The summed E-state index contributed by atoms with van der Waals surface area (Å²) in [5.74, 6) is 2.20. The van der Waals surface area contributed by atoms with Crippen LogP contribution in [0.5, 0.6) is 5.75 Å². The first kappa shape index (κ1) is 39.2. The van der Waals surface area contributed by atoms with Crippen molar-refractivity contribution in [3.63, 3.8) is 0 Å². The van der Waals surface area contributed by atoms with Gasteiger partial charge in [0.15, 0.2) is 0 Å². The zero-order valence-corrected chi connectivity index (χ0v) is 33.9. The van der Waals surface area contributed by atoms with Crippen molar-refractivity contribution in [3.8, 4) is 28.1 Å². The Morgan fingerprint density at radius 3 is 2.40 bits per heavy atom. The van der Waals surface area contributed by atoms with Crippen molar-refractivity contribution in [3.05, 3.63) is 65.9 Å². The van der Waals surface area contributed by atoms with Gasteiger partial charge in [-0.2, -0.15) is 0 Å². The van der Waals surface area contributed by atoms with E-state index < -0.39 is 18.2 Å². The molecule has 0 radical (unpaired) electrons. The molecular formula is C43H52N8O7. The van der Waals surface area contributed by atoms with Crippen LogP contribution in [0.25, 0.3) is 44.2 Å². The van der Waals surface area contributed by atoms with Gasteiger partial charge in [0.05, 0.1) is 61.4 Å². The highest BCUT2D eigenvalue weighted by molar-refractivity contribution is 6.09. The average molecular weight is 793 g/mol. The Hall–Kier alpha value is -5.67. The van der Waals surface area contributed by atoms with Crippen molar-refractivity contribution in [2.24, 2.45) is 5.92 Å². The minimum Gasteiger partial charge on any atom is -0.488 e. The maximum Gasteiger partial charge on any atom is 0.407 e. The molecule has 15 heteroatoms. The van der Waals surface area contributed by atoms with E-state index in [1.54, 1.807) is 7.11 Å². The number of fused-ring (bicyclic) bond motifs is 7. The van der Waals surface area contributed by atoms with Crippen LogP contribution in [-0.2, 0) is 25.6 Å². The van der Waals surface area contributed by atoms with E-state index in [1.807, 2.05) is 37.9 Å². The summed E-state index contributed by atoms with van der Waals surface area (Å²) in [7, 11) is 4.31. The number of hydrogen-bond acceptors (Lipinski definition) is 10. The summed E-state index contributed by atoms with van der Waals surface area (Å²) >= 11 is 0. The minimum atomic E-state index is -0.700. The third-order valence-electron chi connectivity index (χ3n) is 12.1. The van der Waals surface area contributed by atoms with Crippen molar-refractivity contribution in [1.29, 1.82) is 0 Å². The van der Waals surface area contributed by atoms with Crippen LogP contribution in [0.4, 0.5) is 9.59 Å². The van der Waals surface area contributed by atoms with Crippen molar-refractivity contribution in [2.45, 2.75) is 83.3 Å². The Morgan fingerprint density at radius 2 is 1.62 bits per heavy atom. The molecule has 58 heavy (non-hydrogen) atoms. The number of amides is 3. The number of benzene rings is 3. The smallest absolute Gasteiger partial charge is 0.407 e. The van der Waals surface area contributed by atoms with Crippen molar-refractivity contribution >= 4 is 39.9 Å². The molecule has 5 heterocycles. The fraction of sp³-hybridized carbons (Fsp3) is 0.465. The van der Waals surface area contributed by atoms with Gasteiger partial charge in [-0.25, -0.2) is 19.6 Å². The maximum atomic E-state index is 13.7. The summed E-state index contributed by atoms with van der Waals surface area (Å²) in [6, 6.07) is 13.7. The first-order chi connectivity index (χ1) is 28.1. The summed E-state index contributed by atoms with van der Waals surface area (Å²) in [6.45, 7) is 8.27. The van der Waals surface area contributed by atoms with Crippen LogP contribution < -0.4 is 15.4 Å². The van der Waals surface area contributed by atoms with Crippen LogP contribution in [0.1, 0.15) is 75.8 Å². The van der Waals surface area contributed by atoms with Crippen LogP contribution in [-0.4, -0.2) is 107 Å². The Kier molecular flexibility index (Phi) is 11.0. The summed E-state index contributed by atoms with van der Waals surface area (Å²) in [6.07, 6.45) is 4.20. The van der Waals surface area contributed by atoms with Crippen LogP contribution >= 0.6 is 0 Å². The Balaban J connectivity index is 1.02. The number of imidazole rings is 2. The number of methoxy groups -OCH3 is 3. The van der Waals surface area contributed by atoms with Gasteiger partial charge in [0.2, 0.25) is 5.91 Å². The fourth-order valence-electron chi connectivity index (χ4n) is 8.83. The van der Waals surface area contributed by atoms with E-state index in [0.29, 0.717) is 19.7 Å². The number of aromatic nitrogens is 4. The average Bonchev–Trinajstić information content (AvgIpc) is 4.08. The number of carbonyl (C=O) groups is 3. The van der Waals surface area contributed by atoms with Gasteiger partial charge < -0.3 is 44.4 Å². The number of H-pyrrole nitrogens is 2. The second-order valence-corrected chi connectivity index (χ2v) is 15.8. The van der Waals surface area contributed by atoms with Gasteiger partial charge in [-0.05, 0) is 86.0 Å². The van der Waals surface area contributed by atoms with Crippen molar-refractivity contribution in [1.82, 2.24) is 40.4 Å². The van der Waals surface area contributed by atoms with E-state index in [2.05, 4.69) is 61.9 Å². The molecule has 3 aromatic carbocycles. The molecule has 8 rings (SSSR count). The minimum absolute atomic E-state index is 0.0880.